The van der Waals surface area contributed by atoms with Gasteiger partial charge < -0.3 is 0 Å². The maximum absolute atomic E-state index is 4.11. The van der Waals surface area contributed by atoms with E-state index in [2.05, 4.69) is 35.5 Å². The van der Waals surface area contributed by atoms with Crippen LogP contribution in [-0.2, 0) is 0 Å². The smallest absolute Gasteiger partial charge is 0.175 e. The summed E-state index contributed by atoms with van der Waals surface area (Å²) < 4.78 is 1.73. The average Bonchev–Trinajstić information content (AvgIpc) is 2.37. The monoisotopic (exact) mass is 224 g/mol. The van der Waals surface area contributed by atoms with Crippen molar-refractivity contribution >= 4 is 48.4 Å². The summed E-state index contributed by atoms with van der Waals surface area (Å²) in [6.45, 7) is 0. The lowest BCUT2D eigenvalue weighted by atomic mass is 10.6. The molecule has 0 aliphatic carbocycles. The molecule has 6 heteroatoms. The summed E-state index contributed by atoms with van der Waals surface area (Å²) in [5.41, 5.74) is 0. The minimum atomic E-state index is 0.735. The van der Waals surface area contributed by atoms with Gasteiger partial charge in [-0.1, -0.05) is 23.1 Å². The molecule has 0 amide bonds. The van der Waals surface area contributed by atoms with Gasteiger partial charge in [-0.25, -0.2) is 0 Å². The highest BCUT2D eigenvalue weighted by atomic mass is 32.2. The van der Waals surface area contributed by atoms with Gasteiger partial charge in [0.1, 0.15) is 0 Å². The van der Waals surface area contributed by atoms with Crippen LogP contribution in [0.15, 0.2) is 8.68 Å². The highest BCUT2D eigenvalue weighted by Gasteiger charge is 1.99. The van der Waals surface area contributed by atoms with Crippen molar-refractivity contribution in [1.82, 2.24) is 10.2 Å². The standard InChI is InChI=1S/C5H8N2S4/c8-2-1-3-10-5-7-6-4(9)11-5/h8H,1-3H2,(H,6,9). The third kappa shape index (κ3) is 3.68. The summed E-state index contributed by atoms with van der Waals surface area (Å²) >= 11 is 11.4. The lowest BCUT2D eigenvalue weighted by molar-refractivity contribution is 0.955. The second kappa shape index (κ2) is 5.29. The van der Waals surface area contributed by atoms with Crippen molar-refractivity contribution < 1.29 is 0 Å². The summed E-state index contributed by atoms with van der Waals surface area (Å²) in [4.78, 5) is 0. The zero-order chi connectivity index (χ0) is 8.10. The number of hydrogen-bond acceptors (Lipinski definition) is 6. The highest BCUT2D eigenvalue weighted by Crippen LogP contribution is 2.24. The van der Waals surface area contributed by atoms with Gasteiger partial charge in [-0.3, -0.25) is 0 Å². The first kappa shape index (κ1) is 9.70. The van der Waals surface area contributed by atoms with E-state index in [1.807, 2.05) is 0 Å². The zero-order valence-electron chi connectivity index (χ0n) is 5.73. The van der Waals surface area contributed by atoms with Gasteiger partial charge in [-0.15, -0.1) is 22.8 Å². The molecule has 0 radical (unpaired) electrons. The highest BCUT2D eigenvalue weighted by molar-refractivity contribution is 8.01. The van der Waals surface area contributed by atoms with Crippen LogP contribution in [0, 0.1) is 0 Å². The van der Waals surface area contributed by atoms with Crippen LogP contribution >= 0.6 is 48.4 Å². The number of rotatable bonds is 4. The van der Waals surface area contributed by atoms with E-state index in [9.17, 15) is 0 Å². The SMILES string of the molecule is SCCCSc1nnc(S)s1. The lowest BCUT2D eigenvalue weighted by Crippen LogP contribution is -1.79. The molecule has 2 nitrogen and oxygen atoms in total. The number of thioether (sulfide) groups is 1. The Morgan fingerprint density at radius 3 is 2.82 bits per heavy atom. The molecule has 0 saturated carbocycles. The zero-order valence-corrected chi connectivity index (χ0v) is 9.15. The van der Waals surface area contributed by atoms with Gasteiger partial charge in [-0.05, 0) is 12.2 Å². The van der Waals surface area contributed by atoms with Crippen LogP contribution in [0.4, 0.5) is 0 Å². The Morgan fingerprint density at radius 2 is 2.27 bits per heavy atom. The number of aromatic nitrogens is 2. The Labute approximate surface area is 85.0 Å². The van der Waals surface area contributed by atoms with Crippen LogP contribution < -0.4 is 0 Å². The van der Waals surface area contributed by atoms with Crippen molar-refractivity contribution in [2.24, 2.45) is 0 Å². The predicted molar refractivity (Wildman–Crippen MR) is 56.4 cm³/mol. The molecule has 0 aliphatic rings. The molecule has 0 fully saturated rings. The largest absolute Gasteiger partial charge is 0.179 e. The molecule has 62 valence electrons. The Hall–Kier alpha value is 0.610. The molecule has 0 aromatic carbocycles. The molecule has 0 saturated heterocycles. The Balaban J connectivity index is 2.27. The summed E-state index contributed by atoms with van der Waals surface area (Å²) in [6, 6.07) is 0. The Bertz CT molecular complexity index is 212. The van der Waals surface area contributed by atoms with E-state index in [0.717, 1.165) is 26.6 Å². The van der Waals surface area contributed by atoms with E-state index < -0.39 is 0 Å². The molecule has 0 spiro atoms. The average molecular weight is 224 g/mol. The van der Waals surface area contributed by atoms with Crippen LogP contribution in [0.3, 0.4) is 0 Å². The molecule has 1 aromatic heterocycles. The van der Waals surface area contributed by atoms with E-state index in [-0.39, 0.29) is 0 Å². The summed E-state index contributed by atoms with van der Waals surface area (Å²) in [7, 11) is 0. The molecule has 0 N–H and O–H groups in total. The first-order valence-corrected chi connectivity index (χ1v) is 5.97. The molecular formula is C5H8N2S4. The maximum atomic E-state index is 4.11. The molecule has 0 unspecified atom stereocenters. The van der Waals surface area contributed by atoms with Gasteiger partial charge in [0.25, 0.3) is 0 Å². The van der Waals surface area contributed by atoms with Crippen molar-refractivity contribution in [3.8, 4) is 0 Å². The van der Waals surface area contributed by atoms with Crippen LogP contribution in [0.25, 0.3) is 0 Å². The Kier molecular flexibility index (Phi) is 4.66. The number of hydrogen-bond donors (Lipinski definition) is 2. The fraction of sp³-hybridized carbons (Fsp3) is 0.600. The fourth-order valence-corrected chi connectivity index (χ4v) is 2.95. The molecule has 11 heavy (non-hydrogen) atoms. The molecule has 1 aromatic rings. The predicted octanol–water partition coefficient (Wildman–Crippen LogP) is 2.24. The molecule has 0 atom stereocenters. The third-order valence-corrected chi connectivity index (χ3v) is 3.55. The first-order valence-electron chi connectivity index (χ1n) is 3.09. The molecular weight excluding hydrogens is 216 g/mol. The quantitative estimate of drug-likeness (QED) is 0.466. The summed E-state index contributed by atoms with van der Waals surface area (Å²) in [5, 5.41) is 7.71. The van der Waals surface area contributed by atoms with Crippen molar-refractivity contribution in [2.75, 3.05) is 11.5 Å². The van der Waals surface area contributed by atoms with Gasteiger partial charge in [0.05, 0.1) is 0 Å². The van der Waals surface area contributed by atoms with E-state index in [0.29, 0.717) is 0 Å². The Morgan fingerprint density at radius 1 is 1.45 bits per heavy atom. The van der Waals surface area contributed by atoms with E-state index in [1.54, 1.807) is 11.8 Å². The normalized spacial score (nSPS) is 10.4. The van der Waals surface area contributed by atoms with Gasteiger partial charge in [0, 0.05) is 5.75 Å². The fourth-order valence-electron chi connectivity index (χ4n) is 0.485. The van der Waals surface area contributed by atoms with E-state index in [4.69, 9.17) is 0 Å². The van der Waals surface area contributed by atoms with Crippen molar-refractivity contribution in [2.45, 2.75) is 15.1 Å². The summed E-state index contributed by atoms with van der Waals surface area (Å²) in [5.74, 6) is 1.99. The second-order valence-electron chi connectivity index (χ2n) is 1.78. The van der Waals surface area contributed by atoms with E-state index in [1.165, 1.54) is 11.3 Å². The van der Waals surface area contributed by atoms with Crippen molar-refractivity contribution in [1.29, 1.82) is 0 Å². The van der Waals surface area contributed by atoms with Gasteiger partial charge in [0.15, 0.2) is 8.68 Å². The van der Waals surface area contributed by atoms with Crippen LogP contribution in [0.5, 0.6) is 0 Å². The molecule has 0 bridgehead atoms. The molecule has 1 heterocycles. The molecule has 0 aliphatic heterocycles. The lowest BCUT2D eigenvalue weighted by Gasteiger charge is -1.91. The number of nitrogens with zero attached hydrogens (tertiary/aromatic N) is 2. The second-order valence-corrected chi connectivity index (χ2v) is 5.27. The van der Waals surface area contributed by atoms with Crippen molar-refractivity contribution in [3.63, 3.8) is 0 Å². The van der Waals surface area contributed by atoms with Crippen LogP contribution in [0.2, 0.25) is 0 Å². The first-order chi connectivity index (χ1) is 5.33. The minimum Gasteiger partial charge on any atom is -0.179 e. The van der Waals surface area contributed by atoms with Gasteiger partial charge in [-0.2, -0.15) is 12.6 Å². The van der Waals surface area contributed by atoms with Gasteiger partial charge >= 0.3 is 0 Å². The summed E-state index contributed by atoms with van der Waals surface area (Å²) in [6.07, 6.45) is 1.11. The van der Waals surface area contributed by atoms with E-state index >= 15 is 0 Å². The molecule has 1 rings (SSSR count). The van der Waals surface area contributed by atoms with Gasteiger partial charge in [0.2, 0.25) is 0 Å². The third-order valence-electron chi connectivity index (χ3n) is 0.924. The van der Waals surface area contributed by atoms with Crippen LogP contribution in [-0.4, -0.2) is 21.7 Å². The van der Waals surface area contributed by atoms with Crippen molar-refractivity contribution in [3.05, 3.63) is 0 Å². The topological polar surface area (TPSA) is 25.8 Å². The minimum absolute atomic E-state index is 0.735. The maximum Gasteiger partial charge on any atom is 0.175 e. The van der Waals surface area contributed by atoms with Crippen LogP contribution in [0.1, 0.15) is 6.42 Å². The number of thiol groups is 2.